The van der Waals surface area contributed by atoms with Gasteiger partial charge in [0.2, 0.25) is 5.91 Å². The molecule has 1 N–H and O–H groups in total. The third-order valence-corrected chi connectivity index (χ3v) is 4.85. The van der Waals surface area contributed by atoms with Gasteiger partial charge in [0, 0.05) is 43.6 Å². The SMILES string of the molecule is Cc1nc(CC(=O)NN=C2CCN(Cc3ccccc3)CC2)cs1. The predicted octanol–water partition coefficient (Wildman–Crippen LogP) is 2.76. The molecule has 2 aromatic rings. The summed E-state index contributed by atoms with van der Waals surface area (Å²) >= 11 is 1.56. The van der Waals surface area contributed by atoms with Crippen molar-refractivity contribution in [2.24, 2.45) is 5.10 Å². The monoisotopic (exact) mass is 342 g/mol. The van der Waals surface area contributed by atoms with E-state index in [0.29, 0.717) is 6.42 Å². The number of piperidine rings is 1. The Labute approximate surface area is 146 Å². The number of carbonyl (C=O) groups excluding carboxylic acids is 1. The van der Waals surface area contributed by atoms with Crippen LogP contribution in [0.3, 0.4) is 0 Å². The van der Waals surface area contributed by atoms with Crippen molar-refractivity contribution >= 4 is 23.0 Å². The molecule has 1 fully saturated rings. The summed E-state index contributed by atoms with van der Waals surface area (Å²) in [4.78, 5) is 18.6. The molecule has 126 valence electrons. The number of nitrogens with zero attached hydrogens (tertiary/aromatic N) is 3. The first-order chi connectivity index (χ1) is 11.7. The molecule has 1 aliphatic heterocycles. The number of hydrazone groups is 1. The number of thiazole rings is 1. The van der Waals surface area contributed by atoms with Gasteiger partial charge in [-0.1, -0.05) is 30.3 Å². The maximum Gasteiger partial charge on any atom is 0.246 e. The molecule has 1 aliphatic rings. The second-order valence-electron chi connectivity index (χ2n) is 6.01. The van der Waals surface area contributed by atoms with E-state index in [2.05, 4.69) is 44.7 Å². The third-order valence-electron chi connectivity index (χ3n) is 4.03. The lowest BCUT2D eigenvalue weighted by molar-refractivity contribution is -0.120. The van der Waals surface area contributed by atoms with Crippen molar-refractivity contribution in [3.8, 4) is 0 Å². The van der Waals surface area contributed by atoms with E-state index in [4.69, 9.17) is 0 Å². The van der Waals surface area contributed by atoms with Gasteiger partial charge in [0.25, 0.3) is 0 Å². The van der Waals surface area contributed by atoms with Crippen LogP contribution in [-0.4, -0.2) is 34.6 Å². The van der Waals surface area contributed by atoms with Gasteiger partial charge in [-0.2, -0.15) is 5.10 Å². The summed E-state index contributed by atoms with van der Waals surface area (Å²) in [6.45, 7) is 4.88. The lowest BCUT2D eigenvalue weighted by Crippen LogP contribution is -2.34. The van der Waals surface area contributed by atoms with Crippen LogP contribution in [0, 0.1) is 6.92 Å². The van der Waals surface area contributed by atoms with Crippen LogP contribution in [-0.2, 0) is 17.8 Å². The molecule has 1 amide bonds. The molecule has 1 saturated heterocycles. The molecular weight excluding hydrogens is 320 g/mol. The number of nitrogens with one attached hydrogen (secondary N) is 1. The normalized spacial score (nSPS) is 15.3. The van der Waals surface area contributed by atoms with Crippen LogP contribution in [0.4, 0.5) is 0 Å². The van der Waals surface area contributed by atoms with Gasteiger partial charge in [-0.15, -0.1) is 11.3 Å². The molecule has 5 nitrogen and oxygen atoms in total. The van der Waals surface area contributed by atoms with E-state index in [9.17, 15) is 4.79 Å². The number of aryl methyl sites for hydroxylation is 1. The van der Waals surface area contributed by atoms with Crippen LogP contribution >= 0.6 is 11.3 Å². The Bertz CT molecular complexity index is 701. The highest BCUT2D eigenvalue weighted by molar-refractivity contribution is 7.09. The van der Waals surface area contributed by atoms with Crippen LogP contribution in [0.5, 0.6) is 0 Å². The molecule has 0 saturated carbocycles. The fourth-order valence-electron chi connectivity index (χ4n) is 2.76. The molecule has 0 radical (unpaired) electrons. The summed E-state index contributed by atoms with van der Waals surface area (Å²) in [6.07, 6.45) is 2.10. The molecule has 0 spiro atoms. The van der Waals surface area contributed by atoms with E-state index in [0.717, 1.165) is 48.9 Å². The van der Waals surface area contributed by atoms with E-state index in [1.165, 1.54) is 5.56 Å². The van der Waals surface area contributed by atoms with Crippen molar-refractivity contribution in [1.29, 1.82) is 0 Å². The first-order valence-electron chi connectivity index (χ1n) is 8.20. The molecule has 0 unspecified atom stereocenters. The van der Waals surface area contributed by atoms with E-state index < -0.39 is 0 Å². The summed E-state index contributed by atoms with van der Waals surface area (Å²) in [7, 11) is 0. The van der Waals surface area contributed by atoms with E-state index >= 15 is 0 Å². The number of likely N-dealkylation sites (tertiary alicyclic amines) is 1. The first kappa shape index (κ1) is 16.8. The minimum atomic E-state index is -0.0977. The van der Waals surface area contributed by atoms with Crippen LogP contribution < -0.4 is 5.43 Å². The molecule has 3 rings (SSSR count). The summed E-state index contributed by atoms with van der Waals surface area (Å²) in [5.74, 6) is -0.0977. The smallest absolute Gasteiger partial charge is 0.246 e. The average Bonchev–Trinajstić information content (AvgIpc) is 3.00. The zero-order valence-corrected chi connectivity index (χ0v) is 14.7. The lowest BCUT2D eigenvalue weighted by Gasteiger charge is -2.27. The zero-order valence-electron chi connectivity index (χ0n) is 13.9. The Morgan fingerprint density at radius 3 is 2.71 bits per heavy atom. The van der Waals surface area contributed by atoms with Crippen LogP contribution in [0.2, 0.25) is 0 Å². The molecule has 1 aromatic heterocycles. The molecule has 0 bridgehead atoms. The average molecular weight is 342 g/mol. The van der Waals surface area contributed by atoms with Gasteiger partial charge in [-0.05, 0) is 12.5 Å². The maximum atomic E-state index is 11.9. The number of carbonyl (C=O) groups is 1. The van der Waals surface area contributed by atoms with Crippen molar-refractivity contribution in [2.45, 2.75) is 32.7 Å². The Hall–Kier alpha value is -2.05. The van der Waals surface area contributed by atoms with Gasteiger partial charge in [0.15, 0.2) is 0 Å². The Kier molecular flexibility index (Phi) is 5.72. The highest BCUT2D eigenvalue weighted by Gasteiger charge is 2.15. The number of amides is 1. The Balaban J connectivity index is 1.42. The number of rotatable bonds is 5. The lowest BCUT2D eigenvalue weighted by atomic mass is 10.1. The highest BCUT2D eigenvalue weighted by atomic mass is 32.1. The van der Waals surface area contributed by atoms with Gasteiger partial charge in [-0.3, -0.25) is 9.69 Å². The molecule has 24 heavy (non-hydrogen) atoms. The van der Waals surface area contributed by atoms with Crippen molar-refractivity contribution in [3.05, 3.63) is 52.0 Å². The van der Waals surface area contributed by atoms with Crippen molar-refractivity contribution < 1.29 is 4.79 Å². The molecular formula is C18H22N4OS. The highest BCUT2D eigenvalue weighted by Crippen LogP contribution is 2.12. The van der Waals surface area contributed by atoms with Gasteiger partial charge in [0.1, 0.15) is 0 Å². The largest absolute Gasteiger partial charge is 0.298 e. The topological polar surface area (TPSA) is 57.6 Å². The predicted molar refractivity (Wildman–Crippen MR) is 97.1 cm³/mol. The molecule has 0 atom stereocenters. The molecule has 0 aliphatic carbocycles. The van der Waals surface area contributed by atoms with E-state index in [-0.39, 0.29) is 5.91 Å². The minimum absolute atomic E-state index is 0.0977. The molecule has 1 aromatic carbocycles. The van der Waals surface area contributed by atoms with Gasteiger partial charge in [-0.25, -0.2) is 10.4 Å². The molecule has 2 heterocycles. The third kappa shape index (κ3) is 4.97. The second kappa shape index (κ2) is 8.17. The number of hydrogen-bond donors (Lipinski definition) is 1. The number of hydrogen-bond acceptors (Lipinski definition) is 5. The number of benzene rings is 1. The fourth-order valence-corrected chi connectivity index (χ4v) is 3.37. The first-order valence-corrected chi connectivity index (χ1v) is 9.08. The van der Waals surface area contributed by atoms with Crippen molar-refractivity contribution in [1.82, 2.24) is 15.3 Å². The van der Waals surface area contributed by atoms with Crippen LogP contribution in [0.1, 0.15) is 29.1 Å². The summed E-state index contributed by atoms with van der Waals surface area (Å²) < 4.78 is 0. The van der Waals surface area contributed by atoms with Gasteiger partial charge in [0.05, 0.1) is 17.1 Å². The summed E-state index contributed by atoms with van der Waals surface area (Å²) in [5, 5.41) is 7.20. The quantitative estimate of drug-likeness (QED) is 0.850. The Morgan fingerprint density at radius 2 is 2.04 bits per heavy atom. The van der Waals surface area contributed by atoms with Gasteiger partial charge >= 0.3 is 0 Å². The Morgan fingerprint density at radius 1 is 1.29 bits per heavy atom. The van der Waals surface area contributed by atoms with Gasteiger partial charge < -0.3 is 0 Å². The second-order valence-corrected chi connectivity index (χ2v) is 7.07. The summed E-state index contributed by atoms with van der Waals surface area (Å²) in [5.41, 5.74) is 5.89. The van der Waals surface area contributed by atoms with E-state index in [1.807, 2.05) is 18.4 Å². The minimum Gasteiger partial charge on any atom is -0.298 e. The van der Waals surface area contributed by atoms with E-state index in [1.54, 1.807) is 11.3 Å². The maximum absolute atomic E-state index is 11.9. The van der Waals surface area contributed by atoms with Crippen molar-refractivity contribution in [2.75, 3.05) is 13.1 Å². The molecule has 6 heteroatoms. The number of aromatic nitrogens is 1. The van der Waals surface area contributed by atoms with Crippen molar-refractivity contribution in [3.63, 3.8) is 0 Å². The zero-order chi connectivity index (χ0) is 16.8. The fraction of sp³-hybridized carbons (Fsp3) is 0.389. The standard InChI is InChI=1S/C18H22N4OS/c1-14-19-17(13-24-14)11-18(23)21-20-16-7-9-22(10-8-16)12-15-5-3-2-4-6-15/h2-6,13H,7-12H2,1H3,(H,21,23). The summed E-state index contributed by atoms with van der Waals surface area (Å²) in [6, 6.07) is 10.5. The van der Waals surface area contributed by atoms with Crippen LogP contribution in [0.15, 0.2) is 40.8 Å². The van der Waals surface area contributed by atoms with Crippen LogP contribution in [0.25, 0.3) is 0 Å².